The molecule has 2 aliphatic rings. The molecule has 1 aliphatic heterocycles. The lowest BCUT2D eigenvalue weighted by Crippen LogP contribution is -2.56. The Bertz CT molecular complexity index is 977. The molecule has 1 saturated carbocycles. The summed E-state index contributed by atoms with van der Waals surface area (Å²) < 4.78 is 45.3. The third-order valence-corrected chi connectivity index (χ3v) is 8.45. The van der Waals surface area contributed by atoms with Crippen LogP contribution in [0.2, 0.25) is 5.02 Å². The van der Waals surface area contributed by atoms with E-state index in [2.05, 4.69) is 15.4 Å². The molecular formula is C21H30ClN3O6S2. The van der Waals surface area contributed by atoms with E-state index < -0.39 is 21.4 Å². The van der Waals surface area contributed by atoms with Gasteiger partial charge in [0.05, 0.1) is 37.5 Å². The summed E-state index contributed by atoms with van der Waals surface area (Å²) in [6.45, 7) is 2.67. The molecule has 2 fully saturated rings. The fourth-order valence-electron chi connectivity index (χ4n) is 4.50. The van der Waals surface area contributed by atoms with Crippen molar-refractivity contribution in [1.29, 1.82) is 0 Å². The molecule has 1 aliphatic carbocycles. The number of fused-ring (bicyclic) bond motifs is 1. The zero-order chi connectivity index (χ0) is 24.2. The monoisotopic (exact) mass is 519 g/mol. The summed E-state index contributed by atoms with van der Waals surface area (Å²) in [5.41, 5.74) is 0.330. The lowest BCUT2D eigenvalue weighted by molar-refractivity contribution is -0.0937. The van der Waals surface area contributed by atoms with Crippen molar-refractivity contribution < 1.29 is 27.4 Å². The van der Waals surface area contributed by atoms with E-state index in [0.29, 0.717) is 48.7 Å². The summed E-state index contributed by atoms with van der Waals surface area (Å²) in [5, 5.41) is 5.47. The lowest BCUT2D eigenvalue weighted by Gasteiger charge is -2.44. The normalized spacial score (nSPS) is 27.2. The average Bonchev–Trinajstić information content (AvgIpc) is 2.77. The maximum atomic E-state index is 13.0. The number of methoxy groups -OCH3 is 2. The first kappa shape index (κ1) is 26.0. The first-order chi connectivity index (χ1) is 15.7. The van der Waals surface area contributed by atoms with Crippen molar-refractivity contribution in [2.24, 2.45) is 5.92 Å². The summed E-state index contributed by atoms with van der Waals surface area (Å²) in [6, 6.07) is 4.56. The molecule has 9 nitrogen and oxygen atoms in total. The van der Waals surface area contributed by atoms with E-state index in [4.69, 9.17) is 38.0 Å². The summed E-state index contributed by atoms with van der Waals surface area (Å²) in [5.74, 6) is 0.0285. The van der Waals surface area contributed by atoms with Crippen LogP contribution in [0.5, 0.6) is 5.75 Å². The number of benzene rings is 1. The number of hydrogen-bond donors (Lipinski definition) is 3. The van der Waals surface area contributed by atoms with Crippen LogP contribution in [0.25, 0.3) is 0 Å². The zero-order valence-electron chi connectivity index (χ0n) is 18.8. The molecule has 3 N–H and O–H groups in total. The minimum atomic E-state index is -3.77. The Labute approximate surface area is 204 Å². The number of halogens is 1. The minimum Gasteiger partial charge on any atom is -0.496 e. The van der Waals surface area contributed by atoms with Crippen molar-refractivity contribution >= 4 is 44.9 Å². The number of amides is 1. The van der Waals surface area contributed by atoms with E-state index in [0.717, 1.165) is 0 Å². The Morgan fingerprint density at radius 2 is 2.03 bits per heavy atom. The van der Waals surface area contributed by atoms with Crippen LogP contribution < -0.4 is 20.1 Å². The van der Waals surface area contributed by atoms with Gasteiger partial charge in [-0.3, -0.25) is 9.52 Å². The third kappa shape index (κ3) is 6.27. The van der Waals surface area contributed by atoms with Crippen molar-refractivity contribution in [1.82, 2.24) is 15.4 Å². The number of nitrogens with one attached hydrogen (secondary N) is 3. The molecule has 0 spiro atoms. The number of thiocarbonyl (C=S) groups is 1. The highest BCUT2D eigenvalue weighted by Gasteiger charge is 2.47. The summed E-state index contributed by atoms with van der Waals surface area (Å²) >= 11 is 11.1. The minimum absolute atomic E-state index is 0.0639. The van der Waals surface area contributed by atoms with Crippen LogP contribution in [-0.4, -0.2) is 70.3 Å². The molecule has 12 heteroatoms. The van der Waals surface area contributed by atoms with Crippen LogP contribution in [0.3, 0.4) is 0 Å². The summed E-state index contributed by atoms with van der Waals surface area (Å²) in [4.78, 5) is 12.9. The smallest absolute Gasteiger partial charge is 0.255 e. The molecule has 33 heavy (non-hydrogen) atoms. The molecule has 3 rings (SSSR count). The highest BCUT2D eigenvalue weighted by atomic mass is 35.5. The molecule has 1 amide bonds. The van der Waals surface area contributed by atoms with Crippen LogP contribution in [0.1, 0.15) is 36.5 Å². The Hall–Kier alpha value is -1.66. The first-order valence-electron chi connectivity index (χ1n) is 10.8. The van der Waals surface area contributed by atoms with Crippen molar-refractivity contribution in [3.63, 3.8) is 0 Å². The maximum absolute atomic E-state index is 13.0. The fraction of sp³-hybridized carbons (Fsp3) is 0.619. The highest BCUT2D eigenvalue weighted by molar-refractivity contribution is 7.92. The van der Waals surface area contributed by atoms with Crippen molar-refractivity contribution in [2.75, 3.05) is 27.4 Å². The number of carbonyl (C=O) groups excluding carboxylic acids is 1. The quantitative estimate of drug-likeness (QED) is 0.467. The summed E-state index contributed by atoms with van der Waals surface area (Å²) in [6.07, 6.45) is 0.703. The Kier molecular flexibility index (Phi) is 8.79. The number of ether oxygens (including phenoxy) is 3. The summed E-state index contributed by atoms with van der Waals surface area (Å²) in [7, 11) is -0.781. The van der Waals surface area contributed by atoms with Crippen LogP contribution in [0.15, 0.2) is 18.2 Å². The van der Waals surface area contributed by atoms with Gasteiger partial charge in [0.15, 0.2) is 5.11 Å². The Morgan fingerprint density at radius 3 is 2.70 bits per heavy atom. The number of sulfonamides is 1. The predicted octanol–water partition coefficient (Wildman–Crippen LogP) is 1.84. The molecule has 184 valence electrons. The Balaban J connectivity index is 1.69. The largest absolute Gasteiger partial charge is 0.496 e. The van der Waals surface area contributed by atoms with Crippen LogP contribution in [-0.2, 0) is 19.5 Å². The SMILES string of the molecule is CCNC(=S)NS(=O)(=O)C1CC2CC(NC(=O)c3cc(Cl)ccc3OC)COC2CC1OC. The second kappa shape index (κ2) is 11.2. The van der Waals surface area contributed by atoms with Gasteiger partial charge in [-0.25, -0.2) is 8.42 Å². The molecule has 1 aromatic carbocycles. The van der Waals surface area contributed by atoms with E-state index in [1.54, 1.807) is 18.2 Å². The number of carbonyl (C=O) groups is 1. The topological polar surface area (TPSA) is 115 Å². The fourth-order valence-corrected chi connectivity index (χ4v) is 6.77. The zero-order valence-corrected chi connectivity index (χ0v) is 21.2. The van der Waals surface area contributed by atoms with Crippen LogP contribution in [0, 0.1) is 5.92 Å². The molecule has 0 bridgehead atoms. The van der Waals surface area contributed by atoms with Crippen molar-refractivity contribution in [3.8, 4) is 5.75 Å². The predicted molar refractivity (Wildman–Crippen MR) is 129 cm³/mol. The first-order valence-corrected chi connectivity index (χ1v) is 13.1. The maximum Gasteiger partial charge on any atom is 0.255 e. The molecule has 1 saturated heterocycles. The number of hydrogen-bond acceptors (Lipinski definition) is 7. The van der Waals surface area contributed by atoms with Gasteiger partial charge in [0.25, 0.3) is 5.91 Å². The van der Waals surface area contributed by atoms with Gasteiger partial charge in [-0.2, -0.15) is 0 Å². The second-order valence-corrected chi connectivity index (χ2v) is 10.9. The van der Waals surface area contributed by atoms with Crippen molar-refractivity contribution in [3.05, 3.63) is 28.8 Å². The third-order valence-electron chi connectivity index (χ3n) is 6.05. The van der Waals surface area contributed by atoms with Crippen LogP contribution >= 0.6 is 23.8 Å². The van der Waals surface area contributed by atoms with Crippen molar-refractivity contribution in [2.45, 2.75) is 49.7 Å². The van der Waals surface area contributed by atoms with E-state index in [9.17, 15) is 13.2 Å². The van der Waals surface area contributed by atoms with E-state index >= 15 is 0 Å². The van der Waals surface area contributed by atoms with E-state index in [1.165, 1.54) is 14.2 Å². The highest BCUT2D eigenvalue weighted by Crippen LogP contribution is 2.37. The molecule has 5 unspecified atom stereocenters. The molecule has 5 atom stereocenters. The second-order valence-electron chi connectivity index (χ2n) is 8.17. The number of rotatable bonds is 7. The van der Waals surface area contributed by atoms with Gasteiger partial charge >= 0.3 is 0 Å². The van der Waals surface area contributed by atoms with Gasteiger partial charge in [-0.15, -0.1) is 0 Å². The molecular weight excluding hydrogens is 490 g/mol. The molecule has 1 heterocycles. The Morgan fingerprint density at radius 1 is 1.27 bits per heavy atom. The van der Waals surface area contributed by atoms with Crippen LogP contribution in [0.4, 0.5) is 0 Å². The molecule has 1 aromatic rings. The molecule has 0 radical (unpaired) electrons. The van der Waals surface area contributed by atoms with Gasteiger partial charge in [-0.1, -0.05) is 11.6 Å². The lowest BCUT2D eigenvalue weighted by atomic mass is 9.79. The van der Waals surface area contributed by atoms with Gasteiger partial charge in [0.1, 0.15) is 11.0 Å². The van der Waals surface area contributed by atoms with Gasteiger partial charge in [0.2, 0.25) is 10.0 Å². The van der Waals surface area contributed by atoms with Gasteiger partial charge in [-0.05, 0) is 56.1 Å². The van der Waals surface area contributed by atoms with E-state index in [1.807, 2.05) is 6.92 Å². The van der Waals surface area contributed by atoms with E-state index in [-0.39, 0.29) is 29.1 Å². The van der Waals surface area contributed by atoms with Gasteiger partial charge in [0, 0.05) is 25.1 Å². The molecule has 0 aromatic heterocycles. The van der Waals surface area contributed by atoms with Gasteiger partial charge < -0.3 is 24.8 Å². The average molecular weight is 520 g/mol. The standard InChI is InChI=1S/C21H30ClN3O6S2/c1-4-23-21(32)25-33(27,28)19-8-12-7-14(11-31-17(12)10-18(19)30-3)24-20(26)15-9-13(22)5-6-16(15)29-2/h5-6,9,12,14,17-19H,4,7-8,10-11H2,1-3H3,(H,24,26)(H2,23,25,32).